The third-order valence-electron chi connectivity index (χ3n) is 20.1. The third kappa shape index (κ3) is 6.61. The van der Waals surface area contributed by atoms with Crippen molar-refractivity contribution in [3.05, 3.63) is 66.8 Å². The molecule has 0 fully saturated rings. The summed E-state index contributed by atoms with van der Waals surface area (Å²) in [7, 11) is 0. The summed E-state index contributed by atoms with van der Waals surface area (Å²) < 4.78 is 17.8. The van der Waals surface area contributed by atoms with Crippen LogP contribution in [-0.4, -0.2) is 26.4 Å². The second kappa shape index (κ2) is 15.1. The van der Waals surface area contributed by atoms with Crippen molar-refractivity contribution in [2.75, 3.05) is 0 Å². The van der Waals surface area contributed by atoms with Crippen LogP contribution in [0.25, 0.3) is 99.3 Å². The van der Waals surface area contributed by atoms with Crippen molar-refractivity contribution in [1.29, 1.82) is 0 Å². The van der Waals surface area contributed by atoms with E-state index >= 15 is 0 Å². The molecule has 6 heteroatoms. The summed E-state index contributed by atoms with van der Waals surface area (Å²) in [6, 6.07) is 0. The van der Waals surface area contributed by atoms with Gasteiger partial charge >= 0.3 is 0 Å². The Labute approximate surface area is 504 Å². The van der Waals surface area contributed by atoms with E-state index in [0.29, 0.717) is 0 Å². The van der Waals surface area contributed by atoms with Crippen molar-refractivity contribution < 1.29 is 0 Å². The summed E-state index contributed by atoms with van der Waals surface area (Å²) in [5, 5.41) is 0. The van der Waals surface area contributed by atoms with Gasteiger partial charge in [-0.1, -0.05) is 249 Å². The quantitative estimate of drug-likeness (QED) is 0.107. The number of rotatable bonds is 0. The minimum atomic E-state index is -0.238. The Kier molecular flexibility index (Phi) is 10.4. The van der Waals surface area contributed by atoms with Gasteiger partial charge in [0, 0.05) is 0 Å². The van der Waals surface area contributed by atoms with Crippen LogP contribution in [0.2, 0.25) is 0 Å². The van der Waals surface area contributed by atoms with E-state index in [1.807, 2.05) is 0 Å². The summed E-state index contributed by atoms with van der Waals surface area (Å²) >= 11 is 0. The van der Waals surface area contributed by atoms with E-state index in [4.69, 9.17) is 0 Å². The number of fused-ring (bicyclic) bond motifs is 6. The molecule has 13 aromatic rings. The molecule has 0 spiro atoms. The van der Waals surface area contributed by atoms with Gasteiger partial charge in [-0.3, -0.25) is 0 Å². The van der Waals surface area contributed by atoms with Crippen LogP contribution in [0, 0.1) is 0 Å². The molecule has 0 N–H and O–H groups in total. The number of hydrogen-bond donors (Lipinski definition) is 0. The van der Waals surface area contributed by atoms with Crippen LogP contribution in [0.15, 0.2) is 0 Å². The summed E-state index contributed by atoms with van der Waals surface area (Å²) in [5.41, 5.74) is 40.0. The van der Waals surface area contributed by atoms with Gasteiger partial charge in [-0.05, 0) is 132 Å². The molecule has 450 valence electrons. The zero-order valence-electron chi connectivity index (χ0n) is 59.7. The van der Waals surface area contributed by atoms with Crippen molar-refractivity contribution in [2.24, 2.45) is 0 Å². The molecule has 0 amide bonds. The highest BCUT2D eigenvalue weighted by atomic mass is 15.2. The maximum Gasteiger partial charge on any atom is 0.0993 e. The van der Waals surface area contributed by atoms with E-state index < -0.39 is 0 Å². The Balaban J connectivity index is 1.69. The van der Waals surface area contributed by atoms with E-state index in [2.05, 4.69) is 276 Å². The molecule has 12 heterocycles. The topological polar surface area (TPSA) is 26.5 Å². The van der Waals surface area contributed by atoms with Crippen LogP contribution >= 0.6 is 0 Å². The molecule has 0 radical (unpaired) electrons. The third-order valence-corrected chi connectivity index (χ3v) is 20.1. The molecule has 6 nitrogen and oxygen atoms in total. The van der Waals surface area contributed by atoms with E-state index in [0.717, 1.165) is 0 Å². The zero-order chi connectivity index (χ0) is 62.8. The zero-order valence-corrected chi connectivity index (χ0v) is 59.7. The predicted octanol–water partition coefficient (Wildman–Crippen LogP) is 22.3. The van der Waals surface area contributed by atoms with E-state index in [-0.39, 0.29) is 65.0 Å². The maximum atomic E-state index is 2.97. The molecule has 13 rings (SSSR count). The van der Waals surface area contributed by atoms with Gasteiger partial charge < -0.3 is 26.4 Å². The fourth-order valence-electron chi connectivity index (χ4n) is 18.2. The van der Waals surface area contributed by atoms with Crippen LogP contribution < -0.4 is 0 Å². The highest BCUT2D eigenvalue weighted by molar-refractivity contribution is 6.31. The average molecular weight is 1130 g/mol. The van der Waals surface area contributed by atoms with Gasteiger partial charge in [0.1, 0.15) is 0 Å². The highest BCUT2D eigenvalue weighted by Gasteiger charge is 2.50. The molecule has 84 heavy (non-hydrogen) atoms. The lowest BCUT2D eigenvalue weighted by molar-refractivity contribution is 0.536. The second-order valence-electron chi connectivity index (χ2n) is 39.8. The summed E-state index contributed by atoms with van der Waals surface area (Å²) in [5.74, 6) is 0. The monoisotopic (exact) mass is 1130 g/mol. The molecule has 0 saturated carbocycles. The molecular formula is C78H108N6. The molecule has 12 aromatic heterocycles. The fourth-order valence-corrected chi connectivity index (χ4v) is 18.2. The number of aromatic nitrogens is 6. The first-order valence-electron chi connectivity index (χ1n) is 32.5. The number of benzene rings is 1. The first-order chi connectivity index (χ1) is 37.5. The predicted molar refractivity (Wildman–Crippen MR) is 369 cm³/mol. The van der Waals surface area contributed by atoms with E-state index in [1.54, 1.807) is 0 Å². The van der Waals surface area contributed by atoms with E-state index in [9.17, 15) is 0 Å². The molecule has 0 aliphatic rings. The molecule has 0 aliphatic carbocycles. The highest BCUT2D eigenvalue weighted by Crippen LogP contribution is 2.63. The van der Waals surface area contributed by atoms with Gasteiger partial charge in [-0.2, -0.15) is 0 Å². The summed E-state index contributed by atoms with van der Waals surface area (Å²) in [6.07, 6.45) is 0. The van der Waals surface area contributed by atoms with Gasteiger partial charge in [0.05, 0.1) is 99.3 Å². The van der Waals surface area contributed by atoms with Gasteiger partial charge in [-0.15, -0.1) is 0 Å². The molecule has 0 bridgehead atoms. The molecule has 0 unspecified atom stereocenters. The molecule has 0 atom stereocenters. The number of hydrogen-bond acceptors (Lipinski definition) is 0. The Morgan fingerprint density at radius 1 is 0.107 bits per heavy atom. The smallest absolute Gasteiger partial charge is 0.0993 e. The minimum absolute atomic E-state index is 0.238. The Morgan fingerprint density at radius 2 is 0.167 bits per heavy atom. The minimum Gasteiger partial charge on any atom is -0.302 e. The van der Waals surface area contributed by atoms with Crippen LogP contribution in [0.1, 0.15) is 316 Å². The SMILES string of the molecule is CC(C)(C)c1c(C(C)(C)C)c2c3c(C(C)(C)C)c(C(C)(C)C)c4c5c(C(C)(C)C)c(C(C)(C)C)c6c7c(C(C)(C)C)c(C(C)(C)C)c8c9c(C(C)(C)C)c(C(C)(C)C)c%10c%11c(C(C)(C)C)c(C(C)(C)C)c%12c1n2c1c(c(c(c(c1n34)n56)n87)n%109)n%12%11. The second-order valence-corrected chi connectivity index (χ2v) is 39.8. The lowest BCUT2D eigenvalue weighted by Crippen LogP contribution is -2.23. The summed E-state index contributed by atoms with van der Waals surface area (Å²) in [4.78, 5) is 0. The fraction of sp³-hybridized carbons (Fsp3) is 0.615. The van der Waals surface area contributed by atoms with Crippen LogP contribution in [0.4, 0.5) is 0 Å². The van der Waals surface area contributed by atoms with Crippen molar-refractivity contribution in [3.8, 4) is 0 Å². The Hall–Kier alpha value is -5.10. The molecular weight excluding hydrogens is 1020 g/mol. The molecule has 0 aliphatic heterocycles. The van der Waals surface area contributed by atoms with Gasteiger partial charge in [0.25, 0.3) is 0 Å². The normalized spacial score (nSPS) is 15.9. The van der Waals surface area contributed by atoms with Crippen LogP contribution in [0.3, 0.4) is 0 Å². The number of nitrogens with zero attached hydrogens (tertiary/aromatic N) is 6. The summed E-state index contributed by atoms with van der Waals surface area (Å²) in [6.45, 7) is 91.1. The average Bonchev–Trinajstić information content (AvgIpc) is 1.41. The van der Waals surface area contributed by atoms with Crippen molar-refractivity contribution in [2.45, 2.75) is 314 Å². The van der Waals surface area contributed by atoms with Crippen molar-refractivity contribution in [3.63, 3.8) is 0 Å². The lowest BCUT2D eigenvalue weighted by Gasteiger charge is -2.30. The van der Waals surface area contributed by atoms with Crippen LogP contribution in [-0.2, 0) is 65.0 Å². The van der Waals surface area contributed by atoms with Gasteiger partial charge in [0.15, 0.2) is 0 Å². The first kappa shape index (κ1) is 57.9. The standard InChI is InChI=1S/C78H108N6/c1-67(2,3)37-38(68(4,5)6)50-52-41(71(13,14)15)42(72(16,17)18)55-56-45(75(25,26)27)46(76(28,29)30)58-60-48(78(34,35)36)47(77(31,32)33)59-57-44(74(22,23)24)43(73(19,20)21)54-53-40(70(10,11)12)39(69(7,8)9)51-49(37)79(50)61-62(80(51)53)64(82(54)57)66(84(59)60)65(83(56)58)63(61)81(52)55/h1-36H3. The van der Waals surface area contributed by atoms with Crippen LogP contribution in [0.5, 0.6) is 0 Å². The molecule has 1 aromatic carbocycles. The Bertz CT molecular complexity index is 3840. The molecule has 0 saturated heterocycles. The van der Waals surface area contributed by atoms with Gasteiger partial charge in [-0.25, -0.2) is 0 Å². The van der Waals surface area contributed by atoms with E-state index in [1.165, 1.54) is 166 Å². The van der Waals surface area contributed by atoms with Crippen molar-refractivity contribution >= 4 is 99.3 Å². The lowest BCUT2D eigenvalue weighted by atomic mass is 9.72. The van der Waals surface area contributed by atoms with Crippen molar-refractivity contribution in [1.82, 2.24) is 26.4 Å². The largest absolute Gasteiger partial charge is 0.302 e. The first-order valence-corrected chi connectivity index (χ1v) is 32.5. The maximum absolute atomic E-state index is 2.97. The van der Waals surface area contributed by atoms with Gasteiger partial charge in [0.2, 0.25) is 0 Å². The Morgan fingerprint density at radius 3 is 0.214 bits per heavy atom.